The summed E-state index contributed by atoms with van der Waals surface area (Å²) in [7, 11) is 0. The van der Waals surface area contributed by atoms with Crippen LogP contribution in [0.4, 0.5) is 5.82 Å². The predicted octanol–water partition coefficient (Wildman–Crippen LogP) is 2.69. The third-order valence-corrected chi connectivity index (χ3v) is 3.10. The van der Waals surface area contributed by atoms with Gasteiger partial charge in [0.2, 0.25) is 0 Å². The Kier molecular flexibility index (Phi) is 2.48. The Morgan fingerprint density at radius 1 is 1.06 bits per heavy atom. The van der Waals surface area contributed by atoms with E-state index in [2.05, 4.69) is 34.0 Å². The Bertz CT molecular complexity index is 673. The molecule has 0 bridgehead atoms. The molecule has 0 saturated heterocycles. The van der Waals surface area contributed by atoms with E-state index in [0.717, 1.165) is 11.3 Å². The maximum absolute atomic E-state index is 5.66. The molecule has 3 aromatic rings. The van der Waals surface area contributed by atoms with E-state index in [1.165, 1.54) is 5.56 Å². The summed E-state index contributed by atoms with van der Waals surface area (Å²) in [4.78, 5) is 12.0. The van der Waals surface area contributed by atoms with Crippen LogP contribution in [-0.2, 0) is 0 Å². The highest BCUT2D eigenvalue weighted by atomic mass is 15.0. The Hall–Kier alpha value is -2.36. The van der Waals surface area contributed by atoms with Crippen molar-refractivity contribution in [3.8, 4) is 0 Å². The minimum atomic E-state index is 0.210. The maximum atomic E-state index is 5.66. The summed E-state index contributed by atoms with van der Waals surface area (Å²) >= 11 is 0. The van der Waals surface area contributed by atoms with Crippen molar-refractivity contribution in [3.05, 3.63) is 53.9 Å². The first kappa shape index (κ1) is 10.8. The van der Waals surface area contributed by atoms with Crippen molar-refractivity contribution in [2.45, 2.75) is 12.8 Å². The molecule has 0 amide bonds. The quantitative estimate of drug-likeness (QED) is 0.721. The van der Waals surface area contributed by atoms with E-state index in [-0.39, 0.29) is 5.92 Å². The van der Waals surface area contributed by atoms with Crippen LogP contribution in [0.25, 0.3) is 11.2 Å². The van der Waals surface area contributed by atoms with Gasteiger partial charge in [-0.2, -0.15) is 0 Å². The normalized spacial score (nSPS) is 12.7. The molecular formula is C14H14N4. The Morgan fingerprint density at radius 3 is 2.61 bits per heavy atom. The smallest absolute Gasteiger partial charge is 0.179 e. The SMILES string of the molecule is CC(c1ccccc1)c1nc2nc(N)ccc2[nH]1. The number of nitrogen functional groups attached to an aromatic ring is 1. The van der Waals surface area contributed by atoms with Gasteiger partial charge in [-0.3, -0.25) is 0 Å². The van der Waals surface area contributed by atoms with Gasteiger partial charge in [0.05, 0.1) is 5.52 Å². The lowest BCUT2D eigenvalue weighted by atomic mass is 10.0. The zero-order valence-electron chi connectivity index (χ0n) is 10.1. The van der Waals surface area contributed by atoms with Gasteiger partial charge in [0.1, 0.15) is 11.6 Å². The highest BCUT2D eigenvalue weighted by molar-refractivity contribution is 5.72. The summed E-state index contributed by atoms with van der Waals surface area (Å²) in [6.07, 6.45) is 0. The third kappa shape index (κ3) is 1.82. The van der Waals surface area contributed by atoms with Gasteiger partial charge in [-0.25, -0.2) is 9.97 Å². The number of hydrogen-bond donors (Lipinski definition) is 2. The van der Waals surface area contributed by atoms with E-state index in [0.29, 0.717) is 11.5 Å². The maximum Gasteiger partial charge on any atom is 0.179 e. The fourth-order valence-corrected chi connectivity index (χ4v) is 2.03. The number of benzene rings is 1. The summed E-state index contributed by atoms with van der Waals surface area (Å²) in [5, 5.41) is 0. The van der Waals surface area contributed by atoms with Crippen molar-refractivity contribution >= 4 is 17.0 Å². The zero-order valence-corrected chi connectivity index (χ0v) is 10.1. The summed E-state index contributed by atoms with van der Waals surface area (Å²) in [5.74, 6) is 1.61. The van der Waals surface area contributed by atoms with E-state index < -0.39 is 0 Å². The lowest BCUT2D eigenvalue weighted by Crippen LogP contribution is -1.97. The standard InChI is InChI=1S/C14H14N4/c1-9(10-5-3-2-4-6-10)13-16-11-7-8-12(15)17-14(11)18-13/h2-9H,1H3,(H3,15,16,17,18). The van der Waals surface area contributed by atoms with Gasteiger partial charge < -0.3 is 10.7 Å². The molecule has 4 heteroatoms. The molecule has 0 aliphatic heterocycles. The molecule has 18 heavy (non-hydrogen) atoms. The number of hydrogen-bond acceptors (Lipinski definition) is 3. The van der Waals surface area contributed by atoms with Gasteiger partial charge in [0, 0.05) is 5.92 Å². The first-order valence-electron chi connectivity index (χ1n) is 5.91. The van der Waals surface area contributed by atoms with Gasteiger partial charge in [0.15, 0.2) is 5.65 Å². The van der Waals surface area contributed by atoms with Crippen molar-refractivity contribution in [1.82, 2.24) is 15.0 Å². The number of imidazole rings is 1. The van der Waals surface area contributed by atoms with Gasteiger partial charge in [-0.15, -0.1) is 0 Å². The average Bonchev–Trinajstić information content (AvgIpc) is 2.81. The van der Waals surface area contributed by atoms with Crippen molar-refractivity contribution < 1.29 is 0 Å². The van der Waals surface area contributed by atoms with E-state index in [4.69, 9.17) is 5.73 Å². The number of nitrogens with one attached hydrogen (secondary N) is 1. The monoisotopic (exact) mass is 238 g/mol. The molecule has 0 aliphatic rings. The molecule has 3 N–H and O–H groups in total. The van der Waals surface area contributed by atoms with Crippen LogP contribution in [-0.4, -0.2) is 15.0 Å². The minimum absolute atomic E-state index is 0.210. The minimum Gasteiger partial charge on any atom is -0.384 e. The van der Waals surface area contributed by atoms with Crippen LogP contribution in [0.1, 0.15) is 24.2 Å². The highest BCUT2D eigenvalue weighted by Gasteiger charge is 2.13. The molecule has 90 valence electrons. The summed E-state index contributed by atoms with van der Waals surface area (Å²) in [6.45, 7) is 2.12. The fourth-order valence-electron chi connectivity index (χ4n) is 2.03. The fraction of sp³-hybridized carbons (Fsp3) is 0.143. The second-order valence-electron chi connectivity index (χ2n) is 4.36. The van der Waals surface area contributed by atoms with Gasteiger partial charge in [-0.1, -0.05) is 37.3 Å². The first-order chi connectivity index (χ1) is 8.74. The Morgan fingerprint density at radius 2 is 1.83 bits per heavy atom. The van der Waals surface area contributed by atoms with E-state index in [9.17, 15) is 0 Å². The molecule has 0 aliphatic carbocycles. The molecule has 2 aromatic heterocycles. The Labute approximate surface area is 105 Å². The molecule has 2 heterocycles. The lowest BCUT2D eigenvalue weighted by Gasteiger charge is -2.07. The largest absolute Gasteiger partial charge is 0.384 e. The number of aromatic nitrogens is 3. The van der Waals surface area contributed by atoms with Crippen LogP contribution in [0, 0.1) is 0 Å². The van der Waals surface area contributed by atoms with Crippen molar-refractivity contribution in [2.75, 3.05) is 5.73 Å². The molecule has 3 rings (SSSR count). The van der Waals surface area contributed by atoms with E-state index in [1.54, 1.807) is 6.07 Å². The van der Waals surface area contributed by atoms with Crippen LogP contribution in [0.5, 0.6) is 0 Å². The molecule has 0 saturated carbocycles. The third-order valence-electron chi connectivity index (χ3n) is 3.10. The van der Waals surface area contributed by atoms with Gasteiger partial charge >= 0.3 is 0 Å². The van der Waals surface area contributed by atoms with Crippen molar-refractivity contribution in [3.63, 3.8) is 0 Å². The Balaban J connectivity index is 2.04. The number of fused-ring (bicyclic) bond motifs is 1. The molecule has 0 spiro atoms. The van der Waals surface area contributed by atoms with Crippen molar-refractivity contribution in [2.24, 2.45) is 0 Å². The van der Waals surface area contributed by atoms with Gasteiger partial charge in [-0.05, 0) is 17.7 Å². The lowest BCUT2D eigenvalue weighted by molar-refractivity contribution is 0.844. The second-order valence-corrected chi connectivity index (χ2v) is 4.36. The number of rotatable bonds is 2. The molecule has 0 fully saturated rings. The number of aromatic amines is 1. The average molecular weight is 238 g/mol. The predicted molar refractivity (Wildman–Crippen MR) is 72.3 cm³/mol. The van der Waals surface area contributed by atoms with Crippen LogP contribution in [0.3, 0.4) is 0 Å². The number of nitrogens with zero attached hydrogens (tertiary/aromatic N) is 2. The summed E-state index contributed by atoms with van der Waals surface area (Å²) in [5.41, 5.74) is 8.47. The number of H-pyrrole nitrogens is 1. The van der Waals surface area contributed by atoms with Crippen LogP contribution in [0.2, 0.25) is 0 Å². The molecule has 4 nitrogen and oxygen atoms in total. The van der Waals surface area contributed by atoms with Crippen LogP contribution < -0.4 is 5.73 Å². The van der Waals surface area contributed by atoms with Crippen LogP contribution >= 0.6 is 0 Å². The summed E-state index contributed by atoms with van der Waals surface area (Å²) in [6, 6.07) is 14.0. The van der Waals surface area contributed by atoms with E-state index >= 15 is 0 Å². The van der Waals surface area contributed by atoms with Crippen LogP contribution in [0.15, 0.2) is 42.5 Å². The molecule has 1 unspecified atom stereocenters. The van der Waals surface area contributed by atoms with Gasteiger partial charge in [0.25, 0.3) is 0 Å². The molecule has 1 atom stereocenters. The molecular weight excluding hydrogens is 224 g/mol. The van der Waals surface area contributed by atoms with Crippen molar-refractivity contribution in [1.29, 1.82) is 0 Å². The molecule has 0 radical (unpaired) electrons. The number of pyridine rings is 1. The number of anilines is 1. The number of nitrogens with two attached hydrogens (primary N) is 1. The molecule has 1 aromatic carbocycles. The zero-order chi connectivity index (χ0) is 12.5. The summed E-state index contributed by atoms with van der Waals surface area (Å²) < 4.78 is 0. The highest BCUT2D eigenvalue weighted by Crippen LogP contribution is 2.23. The topological polar surface area (TPSA) is 67.6 Å². The first-order valence-corrected chi connectivity index (χ1v) is 5.91. The second kappa shape index (κ2) is 4.14. The van der Waals surface area contributed by atoms with E-state index in [1.807, 2.05) is 24.3 Å².